The molecular formula is C8H15. The average Bonchev–Trinajstić information content (AvgIpc) is 1.62. The molecule has 1 radical (unpaired) electrons. The van der Waals surface area contributed by atoms with Crippen molar-refractivity contribution >= 4 is 0 Å². The fraction of sp³-hybridized carbons (Fsp3) is 0.875. The van der Waals surface area contributed by atoms with Crippen LogP contribution in [0.15, 0.2) is 0 Å². The third-order valence-corrected chi connectivity index (χ3v) is 2.31. The lowest BCUT2D eigenvalue weighted by molar-refractivity contribution is 0.410. The molecule has 1 rings (SSSR count). The predicted molar refractivity (Wildman–Crippen MR) is 36.5 cm³/mol. The summed E-state index contributed by atoms with van der Waals surface area (Å²) in [5, 5.41) is 0. The Morgan fingerprint density at radius 1 is 1.50 bits per heavy atom. The summed E-state index contributed by atoms with van der Waals surface area (Å²) in [6, 6.07) is 0. The zero-order chi connectivity index (χ0) is 5.98. The Kier molecular flexibility index (Phi) is 1.93. The van der Waals surface area contributed by atoms with Gasteiger partial charge in [-0.3, -0.25) is 0 Å². The molecule has 1 atom stereocenters. The molecule has 0 aromatic carbocycles. The van der Waals surface area contributed by atoms with Gasteiger partial charge in [-0.1, -0.05) is 26.7 Å². The summed E-state index contributed by atoms with van der Waals surface area (Å²) in [4.78, 5) is 0. The van der Waals surface area contributed by atoms with Crippen LogP contribution in [-0.4, -0.2) is 0 Å². The van der Waals surface area contributed by atoms with Gasteiger partial charge in [0, 0.05) is 0 Å². The van der Waals surface area contributed by atoms with Gasteiger partial charge in [0.1, 0.15) is 0 Å². The van der Waals surface area contributed by atoms with E-state index in [-0.39, 0.29) is 0 Å². The second-order valence-corrected chi connectivity index (χ2v) is 2.82. The van der Waals surface area contributed by atoms with Crippen LogP contribution in [0.2, 0.25) is 0 Å². The van der Waals surface area contributed by atoms with Crippen LogP contribution in [0, 0.1) is 11.8 Å². The Bertz CT molecular complexity index is 59.7. The van der Waals surface area contributed by atoms with Crippen molar-refractivity contribution in [3.05, 3.63) is 5.92 Å². The Morgan fingerprint density at radius 3 is 2.25 bits per heavy atom. The van der Waals surface area contributed by atoms with Crippen molar-refractivity contribution in [2.75, 3.05) is 0 Å². The van der Waals surface area contributed by atoms with Crippen molar-refractivity contribution in [3.8, 4) is 0 Å². The molecule has 1 saturated carbocycles. The Balaban J connectivity index is 2.13. The second-order valence-electron chi connectivity index (χ2n) is 2.82. The fourth-order valence-corrected chi connectivity index (χ4v) is 1.16. The maximum atomic E-state index is 2.34. The smallest absolute Gasteiger partial charge is 0.0213 e. The highest BCUT2D eigenvalue weighted by molar-refractivity contribution is 5.01. The van der Waals surface area contributed by atoms with E-state index in [0.29, 0.717) is 0 Å². The monoisotopic (exact) mass is 111 g/mol. The number of rotatable bonds is 2. The summed E-state index contributed by atoms with van der Waals surface area (Å²) in [5.41, 5.74) is 0. The van der Waals surface area contributed by atoms with Gasteiger partial charge < -0.3 is 0 Å². The van der Waals surface area contributed by atoms with Crippen molar-refractivity contribution in [3.63, 3.8) is 0 Å². The lowest BCUT2D eigenvalue weighted by Gasteiger charge is -2.29. The van der Waals surface area contributed by atoms with Gasteiger partial charge in [-0.2, -0.15) is 0 Å². The maximum Gasteiger partial charge on any atom is -0.0213 e. The van der Waals surface area contributed by atoms with Crippen LogP contribution in [0.1, 0.15) is 39.5 Å². The van der Waals surface area contributed by atoms with Gasteiger partial charge in [0.25, 0.3) is 0 Å². The molecule has 0 nitrogen and oxygen atoms in total. The molecule has 1 aliphatic carbocycles. The molecule has 0 heteroatoms. The van der Waals surface area contributed by atoms with E-state index in [2.05, 4.69) is 13.8 Å². The standard InChI is InChI=1S/C8H15/c1-3-7(2)8-5-4-6-8/h7H,3-6H2,1-2H3. The molecule has 0 aliphatic heterocycles. The van der Waals surface area contributed by atoms with Gasteiger partial charge in [0.05, 0.1) is 0 Å². The van der Waals surface area contributed by atoms with Crippen LogP contribution in [0.4, 0.5) is 0 Å². The van der Waals surface area contributed by atoms with E-state index in [1.54, 1.807) is 0 Å². The van der Waals surface area contributed by atoms with Gasteiger partial charge in [-0.05, 0) is 24.7 Å². The first-order chi connectivity index (χ1) is 3.84. The third kappa shape index (κ3) is 1.04. The lowest BCUT2D eigenvalue weighted by atomic mass is 9.76. The Labute approximate surface area is 52.3 Å². The molecule has 1 aliphatic rings. The van der Waals surface area contributed by atoms with E-state index in [1.165, 1.54) is 25.7 Å². The van der Waals surface area contributed by atoms with Crippen LogP contribution in [-0.2, 0) is 0 Å². The molecule has 1 fully saturated rings. The first-order valence-electron chi connectivity index (χ1n) is 3.69. The highest BCUT2D eigenvalue weighted by Crippen LogP contribution is 2.36. The molecule has 47 valence electrons. The molecule has 0 aromatic heterocycles. The minimum Gasteiger partial charge on any atom is -0.0651 e. The fourth-order valence-electron chi connectivity index (χ4n) is 1.16. The minimum atomic E-state index is 0.920. The molecular weight excluding hydrogens is 96.1 g/mol. The van der Waals surface area contributed by atoms with Crippen molar-refractivity contribution in [2.24, 2.45) is 5.92 Å². The minimum absolute atomic E-state index is 0.920. The highest BCUT2D eigenvalue weighted by atomic mass is 14.3. The molecule has 1 unspecified atom stereocenters. The van der Waals surface area contributed by atoms with E-state index < -0.39 is 0 Å². The summed E-state index contributed by atoms with van der Waals surface area (Å²) >= 11 is 0. The van der Waals surface area contributed by atoms with Crippen LogP contribution in [0.5, 0.6) is 0 Å². The van der Waals surface area contributed by atoms with Gasteiger partial charge in [-0.25, -0.2) is 0 Å². The predicted octanol–water partition coefficient (Wildman–Crippen LogP) is 2.79. The molecule has 8 heavy (non-hydrogen) atoms. The second kappa shape index (κ2) is 2.52. The zero-order valence-electron chi connectivity index (χ0n) is 5.91. The molecule has 0 saturated heterocycles. The van der Waals surface area contributed by atoms with E-state index in [9.17, 15) is 0 Å². The highest BCUT2D eigenvalue weighted by Gasteiger charge is 2.22. The van der Waals surface area contributed by atoms with E-state index in [1.807, 2.05) is 5.92 Å². The number of hydrogen-bond acceptors (Lipinski definition) is 0. The van der Waals surface area contributed by atoms with Crippen molar-refractivity contribution in [1.29, 1.82) is 0 Å². The average molecular weight is 111 g/mol. The molecule has 0 amide bonds. The summed E-state index contributed by atoms with van der Waals surface area (Å²) in [5.74, 6) is 2.73. The summed E-state index contributed by atoms with van der Waals surface area (Å²) in [6.45, 7) is 4.62. The SMILES string of the molecule is CCC(C)[C]1CCC1. The summed E-state index contributed by atoms with van der Waals surface area (Å²) in [6.07, 6.45) is 5.65. The molecule has 0 bridgehead atoms. The van der Waals surface area contributed by atoms with Crippen LogP contribution >= 0.6 is 0 Å². The Hall–Kier alpha value is 0. The van der Waals surface area contributed by atoms with Gasteiger partial charge in [0.15, 0.2) is 0 Å². The quantitative estimate of drug-likeness (QED) is 0.514. The van der Waals surface area contributed by atoms with E-state index in [0.717, 1.165) is 5.92 Å². The lowest BCUT2D eigenvalue weighted by Crippen LogP contribution is -2.16. The third-order valence-electron chi connectivity index (χ3n) is 2.31. The van der Waals surface area contributed by atoms with Crippen LogP contribution in [0.25, 0.3) is 0 Å². The van der Waals surface area contributed by atoms with Gasteiger partial charge in [0.2, 0.25) is 0 Å². The van der Waals surface area contributed by atoms with Gasteiger partial charge in [-0.15, -0.1) is 0 Å². The van der Waals surface area contributed by atoms with Crippen molar-refractivity contribution < 1.29 is 0 Å². The zero-order valence-corrected chi connectivity index (χ0v) is 5.91. The normalized spacial score (nSPS) is 24.8. The number of hydrogen-bond donors (Lipinski definition) is 0. The molecule has 0 spiro atoms. The Morgan fingerprint density at radius 2 is 2.12 bits per heavy atom. The van der Waals surface area contributed by atoms with Crippen LogP contribution < -0.4 is 0 Å². The van der Waals surface area contributed by atoms with E-state index >= 15 is 0 Å². The molecule has 0 N–H and O–H groups in total. The molecule has 0 heterocycles. The van der Waals surface area contributed by atoms with Crippen molar-refractivity contribution in [2.45, 2.75) is 39.5 Å². The first kappa shape index (κ1) is 6.12. The van der Waals surface area contributed by atoms with Crippen LogP contribution in [0.3, 0.4) is 0 Å². The topological polar surface area (TPSA) is 0 Å². The van der Waals surface area contributed by atoms with Gasteiger partial charge >= 0.3 is 0 Å². The maximum absolute atomic E-state index is 2.34. The summed E-state index contributed by atoms with van der Waals surface area (Å²) in [7, 11) is 0. The van der Waals surface area contributed by atoms with E-state index in [4.69, 9.17) is 0 Å². The largest absolute Gasteiger partial charge is 0.0651 e. The van der Waals surface area contributed by atoms with Crippen molar-refractivity contribution in [1.82, 2.24) is 0 Å². The molecule has 0 aromatic rings. The first-order valence-corrected chi connectivity index (χ1v) is 3.69. The summed E-state index contributed by atoms with van der Waals surface area (Å²) < 4.78 is 0.